The van der Waals surface area contributed by atoms with Crippen molar-refractivity contribution in [3.8, 4) is 0 Å². The summed E-state index contributed by atoms with van der Waals surface area (Å²) in [6.07, 6.45) is 5.09. The molecule has 0 saturated carbocycles. The van der Waals surface area contributed by atoms with Gasteiger partial charge >= 0.3 is 0 Å². The molecule has 0 aliphatic carbocycles. The van der Waals surface area contributed by atoms with Crippen molar-refractivity contribution in [2.45, 2.75) is 32.2 Å². The average Bonchev–Trinajstić information content (AvgIpc) is 3.20. The van der Waals surface area contributed by atoms with Crippen LogP contribution in [0.3, 0.4) is 0 Å². The number of para-hydroxylation sites is 1. The fourth-order valence-electron chi connectivity index (χ4n) is 3.39. The summed E-state index contributed by atoms with van der Waals surface area (Å²) in [6, 6.07) is 12.5. The van der Waals surface area contributed by atoms with Gasteiger partial charge < -0.3 is 15.5 Å². The third-order valence-corrected chi connectivity index (χ3v) is 4.88. The molecule has 148 valence electrons. The summed E-state index contributed by atoms with van der Waals surface area (Å²) in [7, 11) is 0. The van der Waals surface area contributed by atoms with Crippen molar-refractivity contribution in [1.29, 1.82) is 0 Å². The fraction of sp³-hybridized carbons (Fsp3) is 0.500. The number of nitrogens with one attached hydrogen (secondary N) is 2. The van der Waals surface area contributed by atoms with Gasteiger partial charge in [0.15, 0.2) is 0 Å². The van der Waals surface area contributed by atoms with E-state index in [1.807, 2.05) is 23.0 Å². The predicted octanol–water partition coefficient (Wildman–Crippen LogP) is 2.88. The Bertz CT molecular complexity index is 685. The molecule has 0 radical (unpaired) electrons. The number of carbonyl (C=O) groups excluding carboxylic acids is 1. The Hall–Kier alpha value is -2.05. The number of benzene rings is 1. The normalized spacial score (nSPS) is 16.4. The summed E-state index contributed by atoms with van der Waals surface area (Å²) in [5.41, 5.74) is 1.73. The van der Waals surface area contributed by atoms with Crippen molar-refractivity contribution >= 4 is 24.0 Å². The summed E-state index contributed by atoms with van der Waals surface area (Å²) >= 11 is 0. The van der Waals surface area contributed by atoms with Gasteiger partial charge in [-0.2, -0.15) is 5.10 Å². The second kappa shape index (κ2) is 10.9. The number of anilines is 1. The van der Waals surface area contributed by atoms with Crippen LogP contribution in [0.2, 0.25) is 0 Å². The van der Waals surface area contributed by atoms with Crippen molar-refractivity contribution in [2.75, 3.05) is 37.6 Å². The summed E-state index contributed by atoms with van der Waals surface area (Å²) in [6.45, 7) is 6.68. The average molecular weight is 392 g/mol. The molecule has 27 heavy (non-hydrogen) atoms. The molecule has 1 aliphatic rings. The summed E-state index contributed by atoms with van der Waals surface area (Å²) in [5, 5.41) is 10.8. The SMILES string of the molecule is CCN(CCCNC(=O)c1ccn(C2CCCNC2)n1)c1ccccc1.Cl. The molecule has 1 fully saturated rings. The molecule has 2 N–H and O–H groups in total. The minimum absolute atomic E-state index is 0. The monoisotopic (exact) mass is 391 g/mol. The topological polar surface area (TPSA) is 62.2 Å². The lowest BCUT2D eigenvalue weighted by molar-refractivity contribution is 0.0947. The van der Waals surface area contributed by atoms with Crippen LogP contribution in [0.25, 0.3) is 0 Å². The van der Waals surface area contributed by atoms with E-state index >= 15 is 0 Å². The molecule has 1 amide bonds. The third kappa shape index (κ3) is 5.97. The highest BCUT2D eigenvalue weighted by Gasteiger charge is 2.17. The zero-order valence-corrected chi connectivity index (χ0v) is 16.8. The Balaban J connectivity index is 0.00000261. The van der Waals surface area contributed by atoms with Crippen LogP contribution in [0.1, 0.15) is 42.7 Å². The lowest BCUT2D eigenvalue weighted by atomic mass is 10.1. The van der Waals surface area contributed by atoms with E-state index in [0.29, 0.717) is 18.3 Å². The van der Waals surface area contributed by atoms with Crippen LogP contribution in [0, 0.1) is 0 Å². The molecule has 1 saturated heterocycles. The molecule has 1 aromatic carbocycles. The number of hydrogen-bond acceptors (Lipinski definition) is 4. The van der Waals surface area contributed by atoms with Crippen LogP contribution in [-0.4, -0.2) is 48.4 Å². The van der Waals surface area contributed by atoms with E-state index in [4.69, 9.17) is 0 Å². The summed E-state index contributed by atoms with van der Waals surface area (Å²) in [4.78, 5) is 14.6. The van der Waals surface area contributed by atoms with Crippen molar-refractivity contribution in [2.24, 2.45) is 0 Å². The third-order valence-electron chi connectivity index (χ3n) is 4.88. The van der Waals surface area contributed by atoms with Crippen LogP contribution >= 0.6 is 12.4 Å². The van der Waals surface area contributed by atoms with E-state index in [2.05, 4.69) is 51.8 Å². The Kier molecular flexibility index (Phi) is 8.61. The van der Waals surface area contributed by atoms with Gasteiger partial charge in [-0.15, -0.1) is 12.4 Å². The zero-order chi connectivity index (χ0) is 18.2. The first-order chi connectivity index (χ1) is 12.8. The Labute approximate surface area is 167 Å². The second-order valence-electron chi connectivity index (χ2n) is 6.71. The van der Waals surface area contributed by atoms with E-state index in [1.165, 1.54) is 5.69 Å². The van der Waals surface area contributed by atoms with Crippen molar-refractivity contribution < 1.29 is 4.79 Å². The molecular weight excluding hydrogens is 362 g/mol. The van der Waals surface area contributed by atoms with E-state index in [1.54, 1.807) is 0 Å². The first-order valence-corrected chi connectivity index (χ1v) is 9.62. The molecule has 0 spiro atoms. The molecule has 6 nitrogen and oxygen atoms in total. The molecule has 7 heteroatoms. The van der Waals surface area contributed by atoms with E-state index in [9.17, 15) is 4.79 Å². The van der Waals surface area contributed by atoms with Crippen LogP contribution in [0.5, 0.6) is 0 Å². The van der Waals surface area contributed by atoms with Crippen molar-refractivity contribution in [1.82, 2.24) is 20.4 Å². The van der Waals surface area contributed by atoms with Crippen molar-refractivity contribution in [3.05, 3.63) is 48.3 Å². The molecule has 1 aliphatic heterocycles. The van der Waals surface area contributed by atoms with Gasteiger partial charge in [-0.05, 0) is 50.9 Å². The zero-order valence-electron chi connectivity index (χ0n) is 15.9. The number of aromatic nitrogens is 2. The molecule has 0 bridgehead atoms. The predicted molar refractivity (Wildman–Crippen MR) is 112 cm³/mol. The first kappa shape index (κ1) is 21.3. The summed E-state index contributed by atoms with van der Waals surface area (Å²) in [5.74, 6) is -0.0877. The number of piperidine rings is 1. The van der Waals surface area contributed by atoms with E-state index in [0.717, 1.165) is 45.4 Å². The Morgan fingerprint density at radius 3 is 2.85 bits per heavy atom. The smallest absolute Gasteiger partial charge is 0.271 e. The standard InChI is InChI=1S/C20H29N5O.ClH/c1-2-24(17-8-4-3-5-9-17)14-7-13-22-20(26)19-11-15-25(23-19)18-10-6-12-21-16-18;/h3-5,8-9,11,15,18,21H,2,6-7,10,12-14,16H2,1H3,(H,22,26);1H. The van der Waals surface area contributed by atoms with Crippen LogP contribution in [0.4, 0.5) is 5.69 Å². The number of carbonyl (C=O) groups is 1. The fourth-order valence-corrected chi connectivity index (χ4v) is 3.39. The maximum atomic E-state index is 12.3. The Morgan fingerprint density at radius 2 is 2.15 bits per heavy atom. The van der Waals surface area contributed by atoms with Crippen LogP contribution < -0.4 is 15.5 Å². The number of nitrogens with zero attached hydrogens (tertiary/aromatic N) is 3. The Morgan fingerprint density at radius 1 is 1.33 bits per heavy atom. The van der Waals surface area contributed by atoms with Gasteiger partial charge in [0.2, 0.25) is 0 Å². The molecule has 2 aromatic rings. The minimum atomic E-state index is -0.0877. The molecular formula is C20H30ClN5O. The van der Waals surface area contributed by atoms with Gasteiger partial charge in [0.05, 0.1) is 6.04 Å². The van der Waals surface area contributed by atoms with Gasteiger partial charge in [-0.3, -0.25) is 9.48 Å². The van der Waals surface area contributed by atoms with E-state index < -0.39 is 0 Å². The van der Waals surface area contributed by atoms with Gasteiger partial charge in [-0.1, -0.05) is 18.2 Å². The van der Waals surface area contributed by atoms with Crippen LogP contribution in [-0.2, 0) is 0 Å². The molecule has 2 heterocycles. The highest BCUT2D eigenvalue weighted by Crippen LogP contribution is 2.16. The maximum absolute atomic E-state index is 12.3. The first-order valence-electron chi connectivity index (χ1n) is 9.62. The van der Waals surface area contributed by atoms with Gasteiger partial charge in [0.25, 0.3) is 5.91 Å². The maximum Gasteiger partial charge on any atom is 0.271 e. The van der Waals surface area contributed by atoms with Gasteiger partial charge in [0.1, 0.15) is 5.69 Å². The molecule has 1 atom stereocenters. The molecule has 1 aromatic heterocycles. The highest BCUT2D eigenvalue weighted by atomic mass is 35.5. The van der Waals surface area contributed by atoms with Crippen LogP contribution in [0.15, 0.2) is 42.6 Å². The number of rotatable bonds is 8. The quantitative estimate of drug-likeness (QED) is 0.679. The van der Waals surface area contributed by atoms with Gasteiger partial charge in [0, 0.05) is 38.1 Å². The number of amides is 1. The number of hydrogen-bond donors (Lipinski definition) is 2. The second-order valence-corrected chi connectivity index (χ2v) is 6.71. The summed E-state index contributed by atoms with van der Waals surface area (Å²) < 4.78 is 1.93. The largest absolute Gasteiger partial charge is 0.372 e. The van der Waals surface area contributed by atoms with Crippen molar-refractivity contribution in [3.63, 3.8) is 0 Å². The molecule has 1 unspecified atom stereocenters. The lowest BCUT2D eigenvalue weighted by Gasteiger charge is -2.23. The minimum Gasteiger partial charge on any atom is -0.372 e. The lowest BCUT2D eigenvalue weighted by Crippen LogP contribution is -2.32. The number of halogens is 1. The molecule has 3 rings (SSSR count). The highest BCUT2D eigenvalue weighted by molar-refractivity contribution is 5.92. The van der Waals surface area contributed by atoms with E-state index in [-0.39, 0.29) is 18.3 Å². The van der Waals surface area contributed by atoms with Gasteiger partial charge in [-0.25, -0.2) is 0 Å².